The third-order valence-electron chi connectivity index (χ3n) is 9.78. The molecular formula is C42H42BN3. The number of rotatable bonds is 6. The van der Waals surface area contributed by atoms with Gasteiger partial charge < -0.3 is 0 Å². The monoisotopic (exact) mass is 599 g/mol. The number of benzene rings is 3. The summed E-state index contributed by atoms with van der Waals surface area (Å²) in [5, 5.41) is 0. The molecule has 0 aliphatic heterocycles. The van der Waals surface area contributed by atoms with Crippen LogP contribution >= 0.6 is 0 Å². The van der Waals surface area contributed by atoms with Crippen LogP contribution in [0.3, 0.4) is 0 Å². The van der Waals surface area contributed by atoms with Crippen molar-refractivity contribution in [2.24, 2.45) is 0 Å². The molecule has 0 fully saturated rings. The minimum absolute atomic E-state index is 0.00453. The third-order valence-corrected chi connectivity index (χ3v) is 9.78. The van der Waals surface area contributed by atoms with Crippen LogP contribution in [0.1, 0.15) is 50.1 Å². The second-order valence-electron chi connectivity index (χ2n) is 12.9. The summed E-state index contributed by atoms with van der Waals surface area (Å²) in [7, 11) is 0. The number of hydrogen-bond donors (Lipinski definition) is 0. The van der Waals surface area contributed by atoms with Gasteiger partial charge in [0.05, 0.1) is 5.69 Å². The summed E-state index contributed by atoms with van der Waals surface area (Å²) >= 11 is 0. The van der Waals surface area contributed by atoms with Gasteiger partial charge in [-0.2, -0.15) is 0 Å². The minimum atomic E-state index is -0.00453. The van der Waals surface area contributed by atoms with E-state index in [1.807, 2.05) is 49.2 Å². The molecule has 0 bridgehead atoms. The molecule has 0 amide bonds. The Balaban J connectivity index is 1.77. The largest absolute Gasteiger partial charge is 0.264 e. The van der Waals surface area contributed by atoms with E-state index in [1.54, 1.807) is 0 Å². The first kappa shape index (κ1) is 31.2. The van der Waals surface area contributed by atoms with Gasteiger partial charge >= 0.3 is 0 Å². The van der Waals surface area contributed by atoms with Crippen LogP contribution in [0.25, 0.3) is 33.5 Å². The summed E-state index contributed by atoms with van der Waals surface area (Å²) in [6.45, 7) is 20.4. The van der Waals surface area contributed by atoms with Crippen molar-refractivity contribution in [2.45, 2.75) is 62.3 Å². The normalized spacial score (nSPS) is 11.2. The van der Waals surface area contributed by atoms with Crippen LogP contribution in [-0.4, -0.2) is 21.7 Å². The predicted octanol–water partition coefficient (Wildman–Crippen LogP) is 8.16. The van der Waals surface area contributed by atoms with Crippen LogP contribution in [0.4, 0.5) is 0 Å². The second kappa shape index (κ2) is 12.5. The molecule has 4 heteroatoms. The molecule has 3 nitrogen and oxygen atoms in total. The smallest absolute Gasteiger partial charge is 0.243 e. The average Bonchev–Trinajstić information content (AvgIpc) is 3.02. The number of nitrogens with zero attached hydrogens (tertiary/aromatic N) is 3. The van der Waals surface area contributed by atoms with Gasteiger partial charge in [0.2, 0.25) is 6.71 Å². The lowest BCUT2D eigenvalue weighted by Crippen LogP contribution is -2.58. The zero-order valence-corrected chi connectivity index (χ0v) is 28.6. The van der Waals surface area contributed by atoms with Crippen molar-refractivity contribution in [1.82, 2.24) is 15.0 Å². The Bertz CT molecular complexity index is 1830. The van der Waals surface area contributed by atoms with Gasteiger partial charge in [0.25, 0.3) is 0 Å². The van der Waals surface area contributed by atoms with E-state index >= 15 is 0 Å². The zero-order chi connectivity index (χ0) is 32.7. The highest BCUT2D eigenvalue weighted by Crippen LogP contribution is 2.32. The predicted molar refractivity (Wildman–Crippen MR) is 196 cm³/mol. The number of pyridine rings is 3. The molecule has 0 radical (unpaired) electrons. The van der Waals surface area contributed by atoms with E-state index in [2.05, 4.69) is 115 Å². The minimum Gasteiger partial charge on any atom is -0.264 e. The van der Waals surface area contributed by atoms with E-state index in [1.165, 1.54) is 83.1 Å². The van der Waals surface area contributed by atoms with E-state index in [0.717, 1.165) is 16.8 Å². The van der Waals surface area contributed by atoms with Crippen molar-refractivity contribution in [3.8, 4) is 33.5 Å². The van der Waals surface area contributed by atoms with Gasteiger partial charge in [-0.1, -0.05) is 69.5 Å². The maximum Gasteiger partial charge on any atom is 0.243 e. The van der Waals surface area contributed by atoms with Gasteiger partial charge in [-0.15, -0.1) is 0 Å². The molecule has 0 spiro atoms. The molecular weight excluding hydrogens is 557 g/mol. The first-order valence-corrected chi connectivity index (χ1v) is 16.1. The van der Waals surface area contributed by atoms with Gasteiger partial charge in [0, 0.05) is 47.7 Å². The molecule has 3 heterocycles. The van der Waals surface area contributed by atoms with Crippen LogP contribution in [0, 0.1) is 62.3 Å². The molecule has 0 saturated carbocycles. The summed E-state index contributed by atoms with van der Waals surface area (Å²) in [6.07, 6.45) is 9.59. The molecule has 0 aliphatic rings. The summed E-state index contributed by atoms with van der Waals surface area (Å²) < 4.78 is 0. The van der Waals surface area contributed by atoms with Crippen molar-refractivity contribution in [3.05, 3.63) is 142 Å². The van der Waals surface area contributed by atoms with Crippen LogP contribution in [0.2, 0.25) is 0 Å². The maximum atomic E-state index is 4.83. The molecule has 3 aromatic carbocycles. The Morgan fingerprint density at radius 3 is 1.26 bits per heavy atom. The quantitative estimate of drug-likeness (QED) is 0.181. The highest BCUT2D eigenvalue weighted by Gasteiger charge is 2.34. The van der Waals surface area contributed by atoms with Crippen molar-refractivity contribution < 1.29 is 0 Å². The molecule has 0 saturated heterocycles. The van der Waals surface area contributed by atoms with Crippen LogP contribution in [0.5, 0.6) is 0 Å². The van der Waals surface area contributed by atoms with Gasteiger partial charge in [-0.05, 0) is 131 Å². The van der Waals surface area contributed by atoms with E-state index in [9.17, 15) is 0 Å². The fraction of sp³-hybridized carbons (Fsp3) is 0.214. The summed E-state index contributed by atoms with van der Waals surface area (Å²) in [6, 6.07) is 21.7. The van der Waals surface area contributed by atoms with E-state index in [4.69, 9.17) is 4.98 Å². The summed E-state index contributed by atoms with van der Waals surface area (Å²) in [4.78, 5) is 13.9. The molecule has 0 unspecified atom stereocenters. The Kier molecular flexibility index (Phi) is 8.48. The zero-order valence-electron chi connectivity index (χ0n) is 28.6. The van der Waals surface area contributed by atoms with Gasteiger partial charge in [-0.25, -0.2) is 0 Å². The van der Waals surface area contributed by atoms with Crippen molar-refractivity contribution in [2.75, 3.05) is 0 Å². The average molecular weight is 600 g/mol. The Morgan fingerprint density at radius 1 is 0.435 bits per heavy atom. The summed E-state index contributed by atoms with van der Waals surface area (Å²) in [5.74, 6) is 0. The Morgan fingerprint density at radius 2 is 0.870 bits per heavy atom. The second-order valence-corrected chi connectivity index (χ2v) is 12.9. The SMILES string of the molecule is Cc1cc(C)c(-c2cccnc2)c(C)c1B(c1c(C)cc(C)c(-c2cccnc2)c1C)c1c(C)cc(C)c(-c2ccccn2)c1C. The molecule has 3 aromatic heterocycles. The van der Waals surface area contributed by atoms with E-state index in [0.29, 0.717) is 0 Å². The fourth-order valence-corrected chi connectivity index (χ4v) is 8.18. The highest BCUT2D eigenvalue weighted by molar-refractivity contribution is 6.97. The van der Waals surface area contributed by atoms with Gasteiger partial charge in [-0.3, -0.25) is 15.0 Å². The molecule has 228 valence electrons. The molecule has 0 aliphatic carbocycles. The topological polar surface area (TPSA) is 38.7 Å². The lowest BCUT2D eigenvalue weighted by atomic mass is 9.32. The molecule has 0 N–H and O–H groups in total. The number of hydrogen-bond acceptors (Lipinski definition) is 3. The first-order valence-electron chi connectivity index (χ1n) is 16.1. The summed E-state index contributed by atoms with van der Waals surface area (Å²) in [5.41, 5.74) is 22.7. The lowest BCUT2D eigenvalue weighted by Gasteiger charge is -2.30. The molecule has 6 aromatic rings. The fourth-order valence-electron chi connectivity index (χ4n) is 8.18. The van der Waals surface area contributed by atoms with Crippen LogP contribution < -0.4 is 16.4 Å². The maximum absolute atomic E-state index is 4.83. The molecule has 0 atom stereocenters. The highest BCUT2D eigenvalue weighted by atomic mass is 14.7. The Hall–Kier alpha value is -4.83. The van der Waals surface area contributed by atoms with Crippen molar-refractivity contribution >= 4 is 23.1 Å². The standard InChI is InChI=1S/C42H42BN3/c1-25-20-28(4)40(31(7)37(25)34-14-12-17-44-23-34)43(41-29(5)21-26(2)38(32(41)8)35-15-13-18-45-24-35)42-30(6)22-27(3)39(33(42)9)36-16-10-11-19-46-36/h10-24H,1-9H3. The lowest BCUT2D eigenvalue weighted by molar-refractivity contribution is 1.27. The number of aromatic nitrogens is 3. The first-order chi connectivity index (χ1) is 22.1. The number of aryl methyl sites for hydroxylation is 6. The van der Waals surface area contributed by atoms with Gasteiger partial charge in [0.1, 0.15) is 0 Å². The van der Waals surface area contributed by atoms with Crippen LogP contribution in [-0.2, 0) is 0 Å². The van der Waals surface area contributed by atoms with E-state index < -0.39 is 0 Å². The van der Waals surface area contributed by atoms with E-state index in [-0.39, 0.29) is 6.71 Å². The molecule has 6 rings (SSSR count). The van der Waals surface area contributed by atoms with Crippen molar-refractivity contribution in [3.63, 3.8) is 0 Å². The third kappa shape index (κ3) is 5.36. The van der Waals surface area contributed by atoms with Crippen molar-refractivity contribution in [1.29, 1.82) is 0 Å². The van der Waals surface area contributed by atoms with Crippen LogP contribution in [0.15, 0.2) is 91.6 Å². The Labute approximate surface area is 274 Å². The van der Waals surface area contributed by atoms with Gasteiger partial charge in [0.15, 0.2) is 0 Å². The molecule has 46 heavy (non-hydrogen) atoms.